The van der Waals surface area contributed by atoms with E-state index >= 15 is 0 Å². The average Bonchev–Trinajstić information content (AvgIpc) is 2.39. The van der Waals surface area contributed by atoms with E-state index in [1.165, 1.54) is 21.2 Å². The molecule has 0 saturated carbocycles. The summed E-state index contributed by atoms with van der Waals surface area (Å²) in [6, 6.07) is 17.4. The lowest BCUT2D eigenvalue weighted by Crippen LogP contribution is -2.29. The molecule has 2 aromatic carbocycles. The third kappa shape index (κ3) is 3.59. The van der Waals surface area contributed by atoms with Crippen molar-refractivity contribution in [2.45, 2.75) is 19.5 Å². The zero-order valence-electron chi connectivity index (χ0n) is 10.7. The van der Waals surface area contributed by atoms with Crippen LogP contribution in [0, 0.1) is 0 Å². The summed E-state index contributed by atoms with van der Waals surface area (Å²) in [5, 5.41) is 0. The first-order valence-electron chi connectivity index (χ1n) is 6.35. The zero-order chi connectivity index (χ0) is 12.4. The van der Waals surface area contributed by atoms with Gasteiger partial charge in [0.05, 0.1) is 0 Å². The molecule has 0 spiro atoms. The molecule has 0 fully saturated rings. The third-order valence-corrected chi connectivity index (χ3v) is 4.00. The van der Waals surface area contributed by atoms with Crippen molar-refractivity contribution in [3.8, 4) is 0 Å². The summed E-state index contributed by atoms with van der Waals surface area (Å²) in [5.74, 6) is 0. The number of fused-ring (bicyclic) bond motifs is 1. The first kappa shape index (κ1) is 14.6. The normalized spacial score (nSPS) is 14.6. The van der Waals surface area contributed by atoms with Crippen LogP contribution < -0.4 is 0 Å². The van der Waals surface area contributed by atoms with E-state index in [1.807, 2.05) is 0 Å². The Morgan fingerprint density at radius 1 is 1.00 bits per heavy atom. The first-order valence-corrected chi connectivity index (χ1v) is 7.14. The van der Waals surface area contributed by atoms with Crippen LogP contribution in [0.2, 0.25) is 0 Å². The number of halogens is 2. The molecule has 0 saturated heterocycles. The van der Waals surface area contributed by atoms with Gasteiger partial charge in [0.1, 0.15) is 0 Å². The highest BCUT2D eigenvalue weighted by molar-refractivity contribution is 9.10. The third-order valence-electron chi connectivity index (χ3n) is 3.51. The number of rotatable bonds is 2. The molecule has 0 amide bonds. The quantitative estimate of drug-likeness (QED) is 0.783. The second-order valence-electron chi connectivity index (χ2n) is 4.86. The van der Waals surface area contributed by atoms with Gasteiger partial charge in [-0.3, -0.25) is 4.90 Å². The van der Waals surface area contributed by atoms with Gasteiger partial charge in [0.25, 0.3) is 0 Å². The summed E-state index contributed by atoms with van der Waals surface area (Å²) in [5.41, 5.74) is 4.37. The van der Waals surface area contributed by atoms with Gasteiger partial charge in [0.2, 0.25) is 0 Å². The topological polar surface area (TPSA) is 3.24 Å². The zero-order valence-corrected chi connectivity index (χ0v) is 13.1. The fraction of sp³-hybridized carbons (Fsp3) is 0.250. The molecule has 1 aliphatic rings. The second-order valence-corrected chi connectivity index (χ2v) is 5.77. The predicted octanol–water partition coefficient (Wildman–Crippen LogP) is 4.43. The summed E-state index contributed by atoms with van der Waals surface area (Å²) in [6.45, 7) is 3.26. The van der Waals surface area contributed by atoms with Crippen LogP contribution in [0.5, 0.6) is 0 Å². The molecule has 1 aliphatic heterocycles. The molecule has 0 radical (unpaired) electrons. The van der Waals surface area contributed by atoms with Crippen LogP contribution in [0.15, 0.2) is 53.0 Å². The van der Waals surface area contributed by atoms with Gasteiger partial charge in [-0.15, -0.1) is 12.4 Å². The molecule has 0 unspecified atom stereocenters. The van der Waals surface area contributed by atoms with Crippen LogP contribution in [-0.4, -0.2) is 11.4 Å². The van der Waals surface area contributed by atoms with Gasteiger partial charge in [-0.1, -0.05) is 52.3 Å². The summed E-state index contributed by atoms with van der Waals surface area (Å²) in [6.07, 6.45) is 1.16. The van der Waals surface area contributed by atoms with Crippen LogP contribution in [0.25, 0.3) is 0 Å². The van der Waals surface area contributed by atoms with Crippen molar-refractivity contribution in [1.29, 1.82) is 0 Å². The SMILES string of the molecule is Brc1ccc2c(c1)CN(Cc1ccccc1)CC2.Cl. The maximum Gasteiger partial charge on any atom is 0.0240 e. The summed E-state index contributed by atoms with van der Waals surface area (Å²) >= 11 is 3.56. The predicted molar refractivity (Wildman–Crippen MR) is 85.7 cm³/mol. The highest BCUT2D eigenvalue weighted by Crippen LogP contribution is 2.23. The fourth-order valence-corrected chi connectivity index (χ4v) is 2.97. The second kappa shape index (κ2) is 6.56. The van der Waals surface area contributed by atoms with Gasteiger partial charge in [0, 0.05) is 24.1 Å². The summed E-state index contributed by atoms with van der Waals surface area (Å²) < 4.78 is 1.18. The summed E-state index contributed by atoms with van der Waals surface area (Å²) in [7, 11) is 0. The molecule has 1 nitrogen and oxygen atoms in total. The van der Waals surface area contributed by atoms with Crippen LogP contribution in [-0.2, 0) is 19.5 Å². The molecule has 0 atom stereocenters. The monoisotopic (exact) mass is 337 g/mol. The molecule has 0 aromatic heterocycles. The van der Waals surface area contributed by atoms with Crippen molar-refractivity contribution >= 4 is 28.3 Å². The Bertz CT molecular complexity index is 542. The smallest absolute Gasteiger partial charge is 0.0240 e. The van der Waals surface area contributed by atoms with Crippen LogP contribution in [0.1, 0.15) is 16.7 Å². The van der Waals surface area contributed by atoms with Gasteiger partial charge in [-0.25, -0.2) is 0 Å². The lowest BCUT2D eigenvalue weighted by Gasteiger charge is -2.28. The first-order chi connectivity index (χ1) is 8.81. The molecule has 19 heavy (non-hydrogen) atoms. The fourth-order valence-electron chi connectivity index (χ4n) is 2.56. The van der Waals surface area contributed by atoms with E-state index in [9.17, 15) is 0 Å². The molecule has 0 bridgehead atoms. The van der Waals surface area contributed by atoms with E-state index in [0.717, 1.165) is 26.1 Å². The highest BCUT2D eigenvalue weighted by atomic mass is 79.9. The molecule has 100 valence electrons. The van der Waals surface area contributed by atoms with Gasteiger partial charge in [-0.2, -0.15) is 0 Å². The maximum atomic E-state index is 3.56. The van der Waals surface area contributed by atoms with E-state index in [0.29, 0.717) is 0 Å². The number of hydrogen-bond acceptors (Lipinski definition) is 1. The van der Waals surface area contributed by atoms with Crippen molar-refractivity contribution in [3.63, 3.8) is 0 Å². The highest BCUT2D eigenvalue weighted by Gasteiger charge is 2.16. The maximum absolute atomic E-state index is 3.56. The Morgan fingerprint density at radius 2 is 1.79 bits per heavy atom. The number of benzene rings is 2. The van der Waals surface area contributed by atoms with E-state index in [4.69, 9.17) is 0 Å². The van der Waals surface area contributed by atoms with Gasteiger partial charge in [-0.05, 0) is 35.2 Å². The minimum Gasteiger partial charge on any atom is -0.294 e. The Morgan fingerprint density at radius 3 is 2.58 bits per heavy atom. The van der Waals surface area contributed by atoms with E-state index in [1.54, 1.807) is 0 Å². The molecule has 3 rings (SSSR count). The van der Waals surface area contributed by atoms with Crippen molar-refractivity contribution < 1.29 is 0 Å². The lowest BCUT2D eigenvalue weighted by atomic mass is 9.99. The molecule has 2 aromatic rings. The van der Waals surface area contributed by atoms with Crippen molar-refractivity contribution in [1.82, 2.24) is 4.90 Å². The molecule has 3 heteroatoms. The Hall–Kier alpha value is -0.830. The van der Waals surface area contributed by atoms with E-state index in [-0.39, 0.29) is 12.4 Å². The van der Waals surface area contributed by atoms with E-state index < -0.39 is 0 Å². The van der Waals surface area contributed by atoms with Crippen LogP contribution >= 0.6 is 28.3 Å². The van der Waals surface area contributed by atoms with Crippen molar-refractivity contribution in [3.05, 3.63) is 69.7 Å². The van der Waals surface area contributed by atoms with E-state index in [2.05, 4.69) is 69.4 Å². The minimum atomic E-state index is 0. The molecule has 0 aliphatic carbocycles. The molecular formula is C16H17BrClN. The van der Waals surface area contributed by atoms with Crippen molar-refractivity contribution in [2.75, 3.05) is 6.54 Å². The van der Waals surface area contributed by atoms with Gasteiger partial charge in [0.15, 0.2) is 0 Å². The van der Waals surface area contributed by atoms with Crippen LogP contribution in [0.4, 0.5) is 0 Å². The standard InChI is InChI=1S/C16H16BrN.ClH/c17-16-7-6-14-8-9-18(12-15(14)10-16)11-13-4-2-1-3-5-13;/h1-7,10H,8-9,11-12H2;1H. The van der Waals surface area contributed by atoms with Gasteiger partial charge < -0.3 is 0 Å². The number of hydrogen-bond donors (Lipinski definition) is 0. The molecule has 0 N–H and O–H groups in total. The molecular weight excluding hydrogens is 322 g/mol. The van der Waals surface area contributed by atoms with Gasteiger partial charge >= 0.3 is 0 Å². The minimum absolute atomic E-state index is 0. The lowest BCUT2D eigenvalue weighted by molar-refractivity contribution is 0.245. The Labute approximate surface area is 129 Å². The number of nitrogens with zero attached hydrogens (tertiary/aromatic N) is 1. The Kier molecular flexibility index (Phi) is 5.03. The largest absolute Gasteiger partial charge is 0.294 e. The summed E-state index contributed by atoms with van der Waals surface area (Å²) in [4.78, 5) is 2.52. The van der Waals surface area contributed by atoms with Crippen LogP contribution in [0.3, 0.4) is 0 Å². The molecule has 1 heterocycles. The Balaban J connectivity index is 0.00000133. The van der Waals surface area contributed by atoms with Crippen molar-refractivity contribution in [2.24, 2.45) is 0 Å². The average molecular weight is 339 g/mol.